The zero-order valence-electron chi connectivity index (χ0n) is 18.7. The fourth-order valence-electron chi connectivity index (χ4n) is 4.46. The van der Waals surface area contributed by atoms with Gasteiger partial charge in [0.2, 0.25) is 0 Å². The smallest absolute Gasteiger partial charge is 0.269 e. The van der Waals surface area contributed by atoms with Crippen LogP contribution in [0, 0.1) is 17.0 Å². The molecule has 0 saturated heterocycles. The summed E-state index contributed by atoms with van der Waals surface area (Å²) >= 11 is 0. The van der Waals surface area contributed by atoms with Crippen LogP contribution < -0.4 is 9.80 Å². The first kappa shape index (κ1) is 21.4. The van der Waals surface area contributed by atoms with Gasteiger partial charge in [-0.1, -0.05) is 72.3 Å². The Morgan fingerprint density at radius 1 is 0.853 bits per heavy atom. The normalized spacial score (nSPS) is 15.2. The Bertz CT molecular complexity index is 1350. The van der Waals surface area contributed by atoms with Crippen LogP contribution in [0.15, 0.2) is 103 Å². The van der Waals surface area contributed by atoms with Gasteiger partial charge in [0.25, 0.3) is 11.6 Å². The number of nitro groups is 1. The Labute approximate surface area is 197 Å². The third-order valence-corrected chi connectivity index (χ3v) is 6.09. The second-order valence-corrected chi connectivity index (χ2v) is 8.37. The highest BCUT2D eigenvalue weighted by Crippen LogP contribution is 2.42. The van der Waals surface area contributed by atoms with Crippen LogP contribution >= 0.6 is 0 Å². The van der Waals surface area contributed by atoms with Gasteiger partial charge in [-0.25, -0.2) is 0 Å². The molecule has 0 spiro atoms. The lowest BCUT2D eigenvalue weighted by atomic mass is 9.98. The molecular weight excluding hydrogens is 426 g/mol. The van der Waals surface area contributed by atoms with E-state index >= 15 is 0 Å². The first-order valence-corrected chi connectivity index (χ1v) is 11.1. The number of anilines is 2. The maximum absolute atomic E-state index is 13.9. The lowest BCUT2D eigenvalue weighted by molar-refractivity contribution is -0.384. The number of non-ortho nitro benzene ring substituents is 1. The quantitative estimate of drug-likeness (QED) is 0.266. The van der Waals surface area contributed by atoms with Crippen molar-refractivity contribution >= 4 is 23.0 Å². The molecule has 6 heteroatoms. The van der Waals surface area contributed by atoms with Crippen molar-refractivity contribution in [3.63, 3.8) is 0 Å². The maximum Gasteiger partial charge on any atom is 0.269 e. The van der Waals surface area contributed by atoms with Gasteiger partial charge < -0.3 is 4.90 Å². The van der Waals surface area contributed by atoms with Crippen molar-refractivity contribution in [3.8, 4) is 0 Å². The van der Waals surface area contributed by atoms with Gasteiger partial charge in [-0.3, -0.25) is 19.8 Å². The molecule has 4 aromatic rings. The number of fused-ring (bicyclic) bond motifs is 1. The predicted octanol–water partition coefficient (Wildman–Crippen LogP) is 6.27. The molecule has 1 amide bonds. The summed E-state index contributed by atoms with van der Waals surface area (Å²) in [6, 6.07) is 31.9. The molecule has 1 aliphatic rings. The molecule has 0 unspecified atom stereocenters. The Balaban J connectivity index is 1.74. The fourth-order valence-corrected chi connectivity index (χ4v) is 4.46. The van der Waals surface area contributed by atoms with Crippen LogP contribution in [0.2, 0.25) is 0 Å². The van der Waals surface area contributed by atoms with Crippen LogP contribution in [0.4, 0.5) is 17.1 Å². The number of para-hydroxylation sites is 1. The molecule has 6 nitrogen and oxygen atoms in total. The largest absolute Gasteiger partial charge is 0.342 e. The van der Waals surface area contributed by atoms with Crippen molar-refractivity contribution in [1.29, 1.82) is 0 Å². The fraction of sp³-hybridized carbons (Fsp3) is 0.107. The predicted molar refractivity (Wildman–Crippen MR) is 133 cm³/mol. The molecule has 1 aliphatic heterocycles. The first-order chi connectivity index (χ1) is 16.5. The van der Waals surface area contributed by atoms with Crippen molar-refractivity contribution in [1.82, 2.24) is 0 Å². The summed E-state index contributed by atoms with van der Waals surface area (Å²) in [4.78, 5) is 28.9. The van der Waals surface area contributed by atoms with E-state index in [1.807, 2.05) is 91.9 Å². The van der Waals surface area contributed by atoms with Gasteiger partial charge >= 0.3 is 0 Å². The van der Waals surface area contributed by atoms with Crippen molar-refractivity contribution in [2.24, 2.45) is 0 Å². The number of nitrogens with zero attached hydrogens (tertiary/aromatic N) is 3. The Kier molecular flexibility index (Phi) is 5.55. The van der Waals surface area contributed by atoms with Gasteiger partial charge in [0.05, 0.1) is 16.2 Å². The molecular formula is C28H23N3O3. The van der Waals surface area contributed by atoms with Crippen LogP contribution in [-0.4, -0.2) is 10.8 Å². The SMILES string of the molecule is Cc1ccc(N2C(=O)c3ccccc3N(Cc3ccccc3)[C@H]2c2cccc([N+](=O)[O-])c2)cc1. The summed E-state index contributed by atoms with van der Waals surface area (Å²) in [5, 5.41) is 11.6. The first-order valence-electron chi connectivity index (χ1n) is 11.1. The average molecular weight is 450 g/mol. The van der Waals surface area contributed by atoms with Crippen molar-refractivity contribution in [3.05, 3.63) is 135 Å². The number of aryl methyl sites for hydroxylation is 1. The number of nitro benzene ring substituents is 1. The van der Waals surface area contributed by atoms with Crippen molar-refractivity contribution < 1.29 is 9.72 Å². The molecule has 168 valence electrons. The van der Waals surface area contributed by atoms with E-state index < -0.39 is 11.1 Å². The molecule has 1 atom stereocenters. The molecule has 0 aliphatic carbocycles. The van der Waals surface area contributed by atoms with Crippen LogP contribution in [0.25, 0.3) is 0 Å². The van der Waals surface area contributed by atoms with E-state index in [2.05, 4.69) is 4.90 Å². The van der Waals surface area contributed by atoms with E-state index in [1.165, 1.54) is 6.07 Å². The number of carbonyl (C=O) groups excluding carboxylic acids is 1. The van der Waals surface area contributed by atoms with Crippen LogP contribution in [-0.2, 0) is 6.54 Å². The summed E-state index contributed by atoms with van der Waals surface area (Å²) in [5.41, 5.74) is 4.96. The van der Waals surface area contributed by atoms with Crippen molar-refractivity contribution in [2.45, 2.75) is 19.6 Å². The molecule has 0 fully saturated rings. The number of hydrogen-bond acceptors (Lipinski definition) is 4. The zero-order chi connectivity index (χ0) is 23.7. The molecule has 0 aromatic heterocycles. The van der Waals surface area contributed by atoms with E-state index in [0.29, 0.717) is 17.7 Å². The third kappa shape index (κ3) is 3.90. The summed E-state index contributed by atoms with van der Waals surface area (Å²) in [6.45, 7) is 2.53. The monoisotopic (exact) mass is 449 g/mol. The lowest BCUT2D eigenvalue weighted by Gasteiger charge is -2.46. The van der Waals surface area contributed by atoms with E-state index in [-0.39, 0.29) is 11.6 Å². The van der Waals surface area contributed by atoms with Crippen LogP contribution in [0.1, 0.15) is 33.2 Å². The lowest BCUT2D eigenvalue weighted by Crippen LogP contribution is -2.49. The van der Waals surface area contributed by atoms with E-state index in [1.54, 1.807) is 17.0 Å². The zero-order valence-corrected chi connectivity index (χ0v) is 18.7. The average Bonchev–Trinajstić information content (AvgIpc) is 2.87. The molecule has 34 heavy (non-hydrogen) atoms. The van der Waals surface area contributed by atoms with Gasteiger partial charge in [0.1, 0.15) is 6.17 Å². The second kappa shape index (κ2) is 8.83. The minimum atomic E-state index is -0.565. The standard InChI is InChI=1S/C28H23N3O3/c1-20-14-16-23(17-15-20)30-27(22-10-7-11-24(18-22)31(33)34)29(19-21-8-3-2-4-9-21)26-13-6-5-12-25(26)28(30)32/h2-18,27H,19H2,1H3/t27-/m1/s1. The van der Waals surface area contributed by atoms with Crippen molar-refractivity contribution in [2.75, 3.05) is 9.80 Å². The summed E-state index contributed by atoms with van der Waals surface area (Å²) in [7, 11) is 0. The molecule has 1 heterocycles. The topological polar surface area (TPSA) is 66.7 Å². The Hall–Kier alpha value is -4.45. The molecule has 4 aromatic carbocycles. The Morgan fingerprint density at radius 3 is 2.29 bits per heavy atom. The van der Waals surface area contributed by atoms with Gasteiger partial charge in [0, 0.05) is 29.9 Å². The Morgan fingerprint density at radius 2 is 1.56 bits per heavy atom. The van der Waals surface area contributed by atoms with E-state index in [0.717, 1.165) is 22.5 Å². The van der Waals surface area contributed by atoms with Crippen LogP contribution in [0.5, 0.6) is 0 Å². The van der Waals surface area contributed by atoms with Gasteiger partial charge in [-0.05, 0) is 36.8 Å². The molecule has 5 rings (SSSR count). The van der Waals surface area contributed by atoms with Crippen LogP contribution in [0.3, 0.4) is 0 Å². The number of amides is 1. The minimum Gasteiger partial charge on any atom is -0.342 e. The number of hydrogen-bond donors (Lipinski definition) is 0. The minimum absolute atomic E-state index is 0.00711. The highest BCUT2D eigenvalue weighted by molar-refractivity contribution is 6.12. The number of rotatable bonds is 5. The molecule has 0 radical (unpaired) electrons. The summed E-state index contributed by atoms with van der Waals surface area (Å²) in [6.07, 6.45) is -0.565. The summed E-state index contributed by atoms with van der Waals surface area (Å²) < 4.78 is 0. The van der Waals surface area contributed by atoms with Gasteiger partial charge in [0.15, 0.2) is 0 Å². The number of carbonyl (C=O) groups is 1. The van der Waals surface area contributed by atoms with E-state index in [4.69, 9.17) is 0 Å². The second-order valence-electron chi connectivity index (χ2n) is 8.37. The van der Waals surface area contributed by atoms with Gasteiger partial charge in [-0.15, -0.1) is 0 Å². The molecule has 0 N–H and O–H groups in total. The highest BCUT2D eigenvalue weighted by atomic mass is 16.6. The number of benzene rings is 4. The maximum atomic E-state index is 13.9. The van der Waals surface area contributed by atoms with Gasteiger partial charge in [-0.2, -0.15) is 0 Å². The third-order valence-electron chi connectivity index (χ3n) is 6.09. The highest BCUT2D eigenvalue weighted by Gasteiger charge is 2.39. The van der Waals surface area contributed by atoms with E-state index in [9.17, 15) is 14.9 Å². The molecule has 0 bridgehead atoms. The molecule has 0 saturated carbocycles. The summed E-state index contributed by atoms with van der Waals surface area (Å²) in [5.74, 6) is -0.139.